The Kier molecular flexibility index (Phi) is 6.71. The van der Waals surface area contributed by atoms with E-state index in [0.29, 0.717) is 46.9 Å². The average Bonchev–Trinajstić information content (AvgIpc) is 2.56. The SMILES string of the molecule is CCOCCOc1cccc(C(=O)Nc2cccc(Cl)c2Cl)c1. The summed E-state index contributed by atoms with van der Waals surface area (Å²) < 4.78 is 10.7. The highest BCUT2D eigenvalue weighted by Crippen LogP contribution is 2.30. The van der Waals surface area contributed by atoms with E-state index in [4.69, 9.17) is 32.7 Å². The first-order chi connectivity index (χ1) is 11.1. The Morgan fingerprint density at radius 2 is 1.91 bits per heavy atom. The summed E-state index contributed by atoms with van der Waals surface area (Å²) in [4.78, 5) is 12.3. The topological polar surface area (TPSA) is 47.6 Å². The molecule has 0 saturated heterocycles. The van der Waals surface area contributed by atoms with Gasteiger partial charge in [0.25, 0.3) is 5.91 Å². The predicted molar refractivity (Wildman–Crippen MR) is 92.8 cm³/mol. The summed E-state index contributed by atoms with van der Waals surface area (Å²) in [6, 6.07) is 12.0. The van der Waals surface area contributed by atoms with Gasteiger partial charge in [0.15, 0.2) is 0 Å². The molecule has 1 N–H and O–H groups in total. The Hall–Kier alpha value is -1.75. The molecule has 2 aromatic carbocycles. The van der Waals surface area contributed by atoms with E-state index in [2.05, 4.69) is 5.32 Å². The molecule has 0 aromatic heterocycles. The van der Waals surface area contributed by atoms with Gasteiger partial charge in [0.05, 0.1) is 22.3 Å². The molecule has 0 saturated carbocycles. The zero-order valence-electron chi connectivity index (χ0n) is 12.6. The number of benzene rings is 2. The number of halogens is 2. The molecule has 23 heavy (non-hydrogen) atoms. The van der Waals surface area contributed by atoms with Gasteiger partial charge in [0, 0.05) is 12.2 Å². The van der Waals surface area contributed by atoms with Crippen LogP contribution in [0.2, 0.25) is 10.0 Å². The average molecular weight is 354 g/mol. The predicted octanol–water partition coefficient (Wildman–Crippen LogP) is 4.66. The molecule has 4 nitrogen and oxygen atoms in total. The molecule has 0 aliphatic carbocycles. The van der Waals surface area contributed by atoms with Crippen LogP contribution >= 0.6 is 23.2 Å². The lowest BCUT2D eigenvalue weighted by Gasteiger charge is -2.10. The smallest absolute Gasteiger partial charge is 0.255 e. The van der Waals surface area contributed by atoms with E-state index in [1.54, 1.807) is 42.5 Å². The number of nitrogens with one attached hydrogen (secondary N) is 1. The summed E-state index contributed by atoms with van der Waals surface area (Å²) in [5.74, 6) is 0.318. The van der Waals surface area contributed by atoms with Gasteiger partial charge in [-0.3, -0.25) is 4.79 Å². The molecule has 0 spiro atoms. The van der Waals surface area contributed by atoms with Crippen molar-refractivity contribution in [2.45, 2.75) is 6.92 Å². The zero-order chi connectivity index (χ0) is 16.7. The monoisotopic (exact) mass is 353 g/mol. The van der Waals surface area contributed by atoms with Gasteiger partial charge in [-0.1, -0.05) is 35.3 Å². The number of ether oxygens (including phenoxy) is 2. The van der Waals surface area contributed by atoms with Crippen LogP contribution in [-0.4, -0.2) is 25.7 Å². The van der Waals surface area contributed by atoms with Crippen molar-refractivity contribution in [3.05, 3.63) is 58.1 Å². The maximum atomic E-state index is 12.3. The van der Waals surface area contributed by atoms with Gasteiger partial charge in [0.2, 0.25) is 0 Å². The Morgan fingerprint density at radius 3 is 2.70 bits per heavy atom. The first-order valence-corrected chi connectivity index (χ1v) is 7.93. The van der Waals surface area contributed by atoms with E-state index in [1.807, 2.05) is 6.92 Å². The summed E-state index contributed by atoms with van der Waals surface area (Å²) in [6.07, 6.45) is 0. The number of hydrogen-bond donors (Lipinski definition) is 1. The van der Waals surface area contributed by atoms with Crippen LogP contribution in [-0.2, 0) is 4.74 Å². The quantitative estimate of drug-likeness (QED) is 0.736. The molecule has 2 rings (SSSR count). The van der Waals surface area contributed by atoms with E-state index in [0.717, 1.165) is 0 Å². The minimum atomic E-state index is -0.288. The van der Waals surface area contributed by atoms with Crippen molar-refractivity contribution in [3.8, 4) is 5.75 Å². The van der Waals surface area contributed by atoms with Gasteiger partial charge >= 0.3 is 0 Å². The van der Waals surface area contributed by atoms with Crippen LogP contribution in [0, 0.1) is 0 Å². The Bertz CT molecular complexity index is 677. The lowest BCUT2D eigenvalue weighted by atomic mass is 10.2. The van der Waals surface area contributed by atoms with E-state index in [9.17, 15) is 4.79 Å². The highest BCUT2D eigenvalue weighted by Gasteiger charge is 2.11. The summed E-state index contributed by atoms with van der Waals surface area (Å²) in [5, 5.41) is 3.43. The second-order valence-corrected chi connectivity index (χ2v) is 5.41. The second-order valence-electron chi connectivity index (χ2n) is 4.63. The number of amides is 1. The third kappa shape index (κ3) is 5.13. The van der Waals surface area contributed by atoms with Crippen molar-refractivity contribution in [3.63, 3.8) is 0 Å². The third-order valence-corrected chi connectivity index (χ3v) is 3.82. The fourth-order valence-corrected chi connectivity index (χ4v) is 2.23. The van der Waals surface area contributed by atoms with Gasteiger partial charge in [-0.25, -0.2) is 0 Å². The maximum absolute atomic E-state index is 12.3. The van der Waals surface area contributed by atoms with E-state index in [-0.39, 0.29) is 5.91 Å². The van der Waals surface area contributed by atoms with Gasteiger partial charge in [-0.05, 0) is 37.3 Å². The molecule has 1 amide bonds. The molecule has 6 heteroatoms. The molecule has 0 aliphatic heterocycles. The molecule has 0 fully saturated rings. The highest BCUT2D eigenvalue weighted by molar-refractivity contribution is 6.44. The Labute approximate surface area is 145 Å². The molecule has 0 heterocycles. The van der Waals surface area contributed by atoms with Crippen LogP contribution in [0.5, 0.6) is 5.75 Å². The second kappa shape index (κ2) is 8.77. The van der Waals surface area contributed by atoms with E-state index < -0.39 is 0 Å². The standard InChI is InChI=1S/C17H17Cl2NO3/c1-2-22-9-10-23-13-6-3-5-12(11-13)17(21)20-15-8-4-7-14(18)16(15)19/h3-8,11H,2,9-10H2,1H3,(H,20,21). The van der Waals surface area contributed by atoms with Gasteiger partial charge in [-0.2, -0.15) is 0 Å². The van der Waals surface area contributed by atoms with Crippen molar-refractivity contribution in [1.82, 2.24) is 0 Å². The molecule has 2 aromatic rings. The van der Waals surface area contributed by atoms with Crippen molar-refractivity contribution >= 4 is 34.8 Å². The van der Waals surface area contributed by atoms with Crippen LogP contribution < -0.4 is 10.1 Å². The Morgan fingerprint density at radius 1 is 1.13 bits per heavy atom. The van der Waals surface area contributed by atoms with Crippen molar-refractivity contribution < 1.29 is 14.3 Å². The largest absolute Gasteiger partial charge is 0.491 e. The van der Waals surface area contributed by atoms with Gasteiger partial charge in [0.1, 0.15) is 12.4 Å². The Balaban J connectivity index is 2.03. The summed E-state index contributed by atoms with van der Waals surface area (Å²) in [6.45, 7) is 3.50. The first-order valence-electron chi connectivity index (χ1n) is 7.17. The zero-order valence-corrected chi connectivity index (χ0v) is 14.2. The molecule has 0 aliphatic rings. The summed E-state index contributed by atoms with van der Waals surface area (Å²) in [7, 11) is 0. The van der Waals surface area contributed by atoms with Crippen LogP contribution in [0.1, 0.15) is 17.3 Å². The van der Waals surface area contributed by atoms with Crippen molar-refractivity contribution in [2.75, 3.05) is 25.1 Å². The van der Waals surface area contributed by atoms with Gasteiger partial charge in [-0.15, -0.1) is 0 Å². The fraction of sp³-hybridized carbons (Fsp3) is 0.235. The molecule has 0 radical (unpaired) electrons. The summed E-state index contributed by atoms with van der Waals surface area (Å²) >= 11 is 12.0. The maximum Gasteiger partial charge on any atom is 0.255 e. The lowest BCUT2D eigenvalue weighted by molar-refractivity contribution is 0.102. The lowest BCUT2D eigenvalue weighted by Crippen LogP contribution is -2.13. The highest BCUT2D eigenvalue weighted by atomic mass is 35.5. The minimum absolute atomic E-state index is 0.288. The molecule has 0 atom stereocenters. The normalized spacial score (nSPS) is 10.4. The van der Waals surface area contributed by atoms with E-state index >= 15 is 0 Å². The van der Waals surface area contributed by atoms with Crippen LogP contribution in [0.25, 0.3) is 0 Å². The van der Waals surface area contributed by atoms with E-state index in [1.165, 1.54) is 0 Å². The van der Waals surface area contributed by atoms with Gasteiger partial charge < -0.3 is 14.8 Å². The van der Waals surface area contributed by atoms with Crippen LogP contribution in [0.15, 0.2) is 42.5 Å². The van der Waals surface area contributed by atoms with Crippen molar-refractivity contribution in [1.29, 1.82) is 0 Å². The number of hydrogen-bond acceptors (Lipinski definition) is 3. The summed E-state index contributed by atoms with van der Waals surface area (Å²) in [5.41, 5.74) is 0.932. The molecular formula is C17H17Cl2NO3. The van der Waals surface area contributed by atoms with Crippen LogP contribution in [0.3, 0.4) is 0 Å². The molecule has 122 valence electrons. The third-order valence-electron chi connectivity index (χ3n) is 3.00. The van der Waals surface area contributed by atoms with Crippen LogP contribution in [0.4, 0.5) is 5.69 Å². The van der Waals surface area contributed by atoms with Crippen molar-refractivity contribution in [2.24, 2.45) is 0 Å². The fourth-order valence-electron chi connectivity index (χ4n) is 1.88. The number of carbonyl (C=O) groups is 1. The number of anilines is 1. The first kappa shape index (κ1) is 17.6. The molecule has 0 bridgehead atoms. The number of rotatable bonds is 7. The molecular weight excluding hydrogens is 337 g/mol. The number of carbonyl (C=O) groups excluding carboxylic acids is 1. The minimum Gasteiger partial charge on any atom is -0.491 e. The molecule has 0 unspecified atom stereocenters.